The molecule has 1 aromatic rings. The van der Waals surface area contributed by atoms with E-state index in [1.807, 2.05) is 0 Å². The highest BCUT2D eigenvalue weighted by atomic mass is 19.1. The van der Waals surface area contributed by atoms with Crippen molar-refractivity contribution in [2.45, 2.75) is 25.8 Å². The van der Waals surface area contributed by atoms with Gasteiger partial charge in [0.25, 0.3) is 0 Å². The Morgan fingerprint density at radius 2 is 2.18 bits per heavy atom. The Morgan fingerprint density at radius 1 is 1.53 bits per heavy atom. The van der Waals surface area contributed by atoms with Gasteiger partial charge >= 0.3 is 0 Å². The number of carbonyl (C=O) groups is 1. The number of hydrogen-bond acceptors (Lipinski definition) is 3. The molecule has 94 valence electrons. The van der Waals surface area contributed by atoms with E-state index in [9.17, 15) is 9.18 Å². The quantitative estimate of drug-likeness (QED) is 0.844. The Labute approximate surface area is 100.0 Å². The van der Waals surface area contributed by atoms with E-state index in [4.69, 9.17) is 10.5 Å². The Hall–Kier alpha value is -1.62. The van der Waals surface area contributed by atoms with E-state index in [-0.39, 0.29) is 18.1 Å². The van der Waals surface area contributed by atoms with Crippen LogP contribution in [0.3, 0.4) is 0 Å². The lowest BCUT2D eigenvalue weighted by Crippen LogP contribution is -2.36. The lowest BCUT2D eigenvalue weighted by Gasteiger charge is -2.17. The van der Waals surface area contributed by atoms with Crippen LogP contribution in [0.1, 0.15) is 20.3 Å². The summed E-state index contributed by atoms with van der Waals surface area (Å²) in [5.74, 6) is -0.624. The van der Waals surface area contributed by atoms with Crippen molar-refractivity contribution in [3.63, 3.8) is 0 Å². The van der Waals surface area contributed by atoms with Crippen molar-refractivity contribution >= 4 is 11.6 Å². The highest BCUT2D eigenvalue weighted by Gasteiger charge is 2.16. The molecule has 0 radical (unpaired) electrons. The number of hydrogen-bond donors (Lipinski definition) is 2. The van der Waals surface area contributed by atoms with Gasteiger partial charge in [-0.3, -0.25) is 4.79 Å². The number of nitrogens with two attached hydrogens (primary N) is 1. The minimum Gasteiger partial charge on any atom is -0.494 e. The van der Waals surface area contributed by atoms with E-state index in [0.717, 1.165) is 0 Å². The van der Waals surface area contributed by atoms with Crippen LogP contribution in [0.25, 0.3) is 0 Å². The number of carbonyl (C=O) groups excluding carboxylic acids is 1. The molecule has 0 spiro atoms. The summed E-state index contributed by atoms with van der Waals surface area (Å²) in [7, 11) is 1.38. The molecule has 3 N–H and O–H groups in total. The minimum atomic E-state index is -0.588. The third kappa shape index (κ3) is 4.40. The SMILES string of the molecule is COc1ccc(NC(=O)CC(C)(C)N)cc1F. The molecule has 4 nitrogen and oxygen atoms in total. The summed E-state index contributed by atoms with van der Waals surface area (Å²) in [6.07, 6.45) is 0.167. The smallest absolute Gasteiger partial charge is 0.226 e. The first-order chi connectivity index (χ1) is 7.81. The monoisotopic (exact) mass is 240 g/mol. The van der Waals surface area contributed by atoms with Gasteiger partial charge in [-0.05, 0) is 26.0 Å². The zero-order chi connectivity index (χ0) is 13.1. The van der Waals surface area contributed by atoms with Crippen LogP contribution >= 0.6 is 0 Å². The number of halogens is 1. The van der Waals surface area contributed by atoms with Gasteiger partial charge in [-0.2, -0.15) is 0 Å². The molecule has 0 atom stereocenters. The van der Waals surface area contributed by atoms with Gasteiger partial charge in [0.1, 0.15) is 0 Å². The molecule has 0 aliphatic carbocycles. The summed E-state index contributed by atoms with van der Waals surface area (Å²) in [6, 6.07) is 4.24. The van der Waals surface area contributed by atoms with E-state index < -0.39 is 11.4 Å². The molecule has 0 bridgehead atoms. The fraction of sp³-hybridized carbons (Fsp3) is 0.417. The standard InChI is InChI=1S/C12H17FN2O2/c1-12(2,14)7-11(16)15-8-4-5-10(17-3)9(13)6-8/h4-6H,7,14H2,1-3H3,(H,15,16). The second-order valence-corrected chi connectivity index (χ2v) is 4.56. The van der Waals surface area contributed by atoms with Crippen LogP contribution < -0.4 is 15.8 Å². The third-order valence-corrected chi connectivity index (χ3v) is 2.05. The highest BCUT2D eigenvalue weighted by molar-refractivity contribution is 5.91. The van der Waals surface area contributed by atoms with Gasteiger partial charge in [0.05, 0.1) is 7.11 Å². The molecule has 0 unspecified atom stereocenters. The summed E-state index contributed by atoms with van der Waals surface area (Å²) < 4.78 is 18.1. The maximum absolute atomic E-state index is 13.3. The van der Waals surface area contributed by atoms with Crippen LogP contribution in [0.5, 0.6) is 5.75 Å². The fourth-order valence-corrected chi connectivity index (χ4v) is 1.36. The number of anilines is 1. The van der Waals surface area contributed by atoms with Crippen LogP contribution in [-0.4, -0.2) is 18.6 Å². The summed E-state index contributed by atoms with van der Waals surface area (Å²) in [5.41, 5.74) is 5.51. The third-order valence-electron chi connectivity index (χ3n) is 2.05. The number of amides is 1. The lowest BCUT2D eigenvalue weighted by atomic mass is 10.0. The number of benzene rings is 1. The largest absolute Gasteiger partial charge is 0.494 e. The Morgan fingerprint density at radius 3 is 2.65 bits per heavy atom. The number of rotatable bonds is 4. The average molecular weight is 240 g/mol. The van der Waals surface area contributed by atoms with Gasteiger partial charge in [0.2, 0.25) is 5.91 Å². The predicted octanol–water partition coefficient (Wildman–Crippen LogP) is 1.90. The maximum Gasteiger partial charge on any atom is 0.226 e. The minimum absolute atomic E-state index is 0.141. The van der Waals surface area contributed by atoms with Crippen LogP contribution in [-0.2, 0) is 4.79 Å². The van der Waals surface area contributed by atoms with Crippen LogP contribution in [0.15, 0.2) is 18.2 Å². The van der Waals surface area contributed by atoms with Crippen molar-refractivity contribution in [1.29, 1.82) is 0 Å². The number of ether oxygens (including phenoxy) is 1. The summed E-state index contributed by atoms with van der Waals surface area (Å²) in [6.45, 7) is 3.50. The normalized spacial score (nSPS) is 11.1. The first-order valence-corrected chi connectivity index (χ1v) is 5.24. The highest BCUT2D eigenvalue weighted by Crippen LogP contribution is 2.21. The average Bonchev–Trinajstić information content (AvgIpc) is 2.14. The topological polar surface area (TPSA) is 64.3 Å². The zero-order valence-electron chi connectivity index (χ0n) is 10.2. The van der Waals surface area contributed by atoms with Crippen molar-refractivity contribution in [2.24, 2.45) is 5.73 Å². The Balaban J connectivity index is 2.69. The second kappa shape index (κ2) is 5.14. The molecule has 5 heteroatoms. The van der Waals surface area contributed by atoms with Gasteiger partial charge < -0.3 is 15.8 Å². The number of nitrogens with one attached hydrogen (secondary N) is 1. The van der Waals surface area contributed by atoms with Crippen molar-refractivity contribution in [3.8, 4) is 5.75 Å². The molecule has 0 aliphatic heterocycles. The molecule has 0 fully saturated rings. The van der Waals surface area contributed by atoms with Crippen molar-refractivity contribution in [2.75, 3.05) is 12.4 Å². The first-order valence-electron chi connectivity index (χ1n) is 5.24. The van der Waals surface area contributed by atoms with E-state index in [0.29, 0.717) is 5.69 Å². The van der Waals surface area contributed by atoms with Gasteiger partial charge in [-0.1, -0.05) is 0 Å². The van der Waals surface area contributed by atoms with E-state index >= 15 is 0 Å². The van der Waals surface area contributed by atoms with Crippen LogP contribution in [0.2, 0.25) is 0 Å². The van der Waals surface area contributed by atoms with Crippen molar-refractivity contribution in [1.82, 2.24) is 0 Å². The number of methoxy groups -OCH3 is 1. The predicted molar refractivity (Wildman–Crippen MR) is 64.5 cm³/mol. The molecule has 0 saturated carbocycles. The molecule has 0 saturated heterocycles. The van der Waals surface area contributed by atoms with Gasteiger partial charge in [0, 0.05) is 23.7 Å². The van der Waals surface area contributed by atoms with Crippen molar-refractivity contribution in [3.05, 3.63) is 24.0 Å². The molecule has 1 rings (SSSR count). The second-order valence-electron chi connectivity index (χ2n) is 4.56. The Bertz CT molecular complexity index is 413. The summed E-state index contributed by atoms with van der Waals surface area (Å²) in [5, 5.41) is 2.58. The van der Waals surface area contributed by atoms with E-state index in [1.54, 1.807) is 19.9 Å². The van der Waals surface area contributed by atoms with Crippen molar-refractivity contribution < 1.29 is 13.9 Å². The molecule has 1 amide bonds. The summed E-state index contributed by atoms with van der Waals surface area (Å²) >= 11 is 0. The summed E-state index contributed by atoms with van der Waals surface area (Å²) in [4.78, 5) is 11.5. The molecule has 0 heterocycles. The Kier molecular flexibility index (Phi) is 4.07. The van der Waals surface area contributed by atoms with Gasteiger partial charge in [-0.25, -0.2) is 4.39 Å². The lowest BCUT2D eigenvalue weighted by molar-refractivity contribution is -0.117. The van der Waals surface area contributed by atoms with Gasteiger partial charge in [-0.15, -0.1) is 0 Å². The zero-order valence-corrected chi connectivity index (χ0v) is 10.2. The van der Waals surface area contributed by atoms with E-state index in [2.05, 4.69) is 5.32 Å². The van der Waals surface area contributed by atoms with Crippen LogP contribution in [0, 0.1) is 5.82 Å². The van der Waals surface area contributed by atoms with Crippen LogP contribution in [0.4, 0.5) is 10.1 Å². The van der Waals surface area contributed by atoms with Gasteiger partial charge in [0.15, 0.2) is 11.6 Å². The van der Waals surface area contributed by atoms with E-state index in [1.165, 1.54) is 19.2 Å². The maximum atomic E-state index is 13.3. The fourth-order valence-electron chi connectivity index (χ4n) is 1.36. The molecular weight excluding hydrogens is 223 g/mol. The molecule has 17 heavy (non-hydrogen) atoms. The molecule has 0 aliphatic rings. The molecular formula is C12H17FN2O2. The molecule has 1 aromatic carbocycles. The first kappa shape index (κ1) is 13.4. The molecule has 0 aromatic heterocycles.